The first-order valence-corrected chi connectivity index (χ1v) is 6.17. The second-order valence-electron chi connectivity index (χ2n) is 4.61. The van der Waals surface area contributed by atoms with Gasteiger partial charge in [0.2, 0.25) is 0 Å². The van der Waals surface area contributed by atoms with Crippen LogP contribution in [0.2, 0.25) is 0 Å². The normalized spacial score (nSPS) is 14.3. The van der Waals surface area contributed by atoms with E-state index in [9.17, 15) is 5.11 Å². The molecule has 0 aliphatic rings. The molecule has 2 rings (SSSR count). The van der Waals surface area contributed by atoms with Crippen LogP contribution >= 0.6 is 0 Å². The predicted molar refractivity (Wildman–Crippen MR) is 71.3 cm³/mol. The lowest BCUT2D eigenvalue weighted by Gasteiger charge is -2.20. The summed E-state index contributed by atoms with van der Waals surface area (Å²) in [4.78, 5) is 0. The van der Waals surface area contributed by atoms with Gasteiger partial charge in [-0.15, -0.1) is 0 Å². The Kier molecular flexibility index (Phi) is 3.99. The number of nitrogens with one attached hydrogen (secondary N) is 1. The molecule has 96 valence electrons. The largest absolute Gasteiger partial charge is 0.508 e. The van der Waals surface area contributed by atoms with E-state index in [4.69, 9.17) is 0 Å². The van der Waals surface area contributed by atoms with Crippen molar-refractivity contribution in [3.8, 4) is 5.75 Å². The summed E-state index contributed by atoms with van der Waals surface area (Å²) in [5, 5.41) is 17.1. The molecule has 0 amide bonds. The van der Waals surface area contributed by atoms with E-state index in [1.54, 1.807) is 18.3 Å². The summed E-state index contributed by atoms with van der Waals surface area (Å²) < 4.78 is 1.91. The van der Waals surface area contributed by atoms with Crippen LogP contribution in [0.25, 0.3) is 0 Å². The topological polar surface area (TPSA) is 50.1 Å². The average molecular weight is 245 g/mol. The minimum atomic E-state index is 0.197. The van der Waals surface area contributed by atoms with Gasteiger partial charge in [-0.2, -0.15) is 5.10 Å². The van der Waals surface area contributed by atoms with Crippen molar-refractivity contribution in [2.24, 2.45) is 0 Å². The summed E-state index contributed by atoms with van der Waals surface area (Å²) in [5.41, 5.74) is 1.09. The minimum absolute atomic E-state index is 0.197. The molecule has 1 aromatic heterocycles. The lowest BCUT2D eigenvalue weighted by atomic mass is 10.1. The van der Waals surface area contributed by atoms with E-state index in [-0.39, 0.29) is 6.04 Å². The van der Waals surface area contributed by atoms with Crippen molar-refractivity contribution in [3.05, 3.63) is 48.3 Å². The van der Waals surface area contributed by atoms with Crippen molar-refractivity contribution in [2.45, 2.75) is 32.5 Å². The van der Waals surface area contributed by atoms with Crippen molar-refractivity contribution in [3.63, 3.8) is 0 Å². The van der Waals surface area contributed by atoms with Crippen LogP contribution in [-0.2, 0) is 6.54 Å². The number of aromatic hydroxyl groups is 1. The zero-order valence-electron chi connectivity index (χ0n) is 10.7. The van der Waals surface area contributed by atoms with Crippen molar-refractivity contribution in [1.82, 2.24) is 15.1 Å². The smallest absolute Gasteiger partial charge is 0.115 e. The minimum Gasteiger partial charge on any atom is -0.508 e. The van der Waals surface area contributed by atoms with Gasteiger partial charge in [-0.1, -0.05) is 12.1 Å². The molecule has 0 radical (unpaired) electrons. The Morgan fingerprint density at radius 3 is 2.83 bits per heavy atom. The number of hydrogen-bond acceptors (Lipinski definition) is 3. The van der Waals surface area contributed by atoms with Gasteiger partial charge in [0.05, 0.1) is 6.54 Å². The number of phenols is 1. The Morgan fingerprint density at radius 2 is 2.17 bits per heavy atom. The first kappa shape index (κ1) is 12.6. The van der Waals surface area contributed by atoms with Gasteiger partial charge < -0.3 is 10.4 Å². The number of rotatable bonds is 5. The zero-order chi connectivity index (χ0) is 13.0. The van der Waals surface area contributed by atoms with Crippen molar-refractivity contribution >= 4 is 0 Å². The van der Waals surface area contributed by atoms with Gasteiger partial charge in [-0.05, 0) is 37.6 Å². The fourth-order valence-electron chi connectivity index (χ4n) is 2.06. The summed E-state index contributed by atoms with van der Waals surface area (Å²) >= 11 is 0. The highest BCUT2D eigenvalue weighted by Crippen LogP contribution is 2.18. The van der Waals surface area contributed by atoms with Crippen LogP contribution in [0.5, 0.6) is 5.75 Å². The third-order valence-electron chi connectivity index (χ3n) is 2.92. The lowest BCUT2D eigenvalue weighted by molar-refractivity contribution is 0.411. The maximum atomic E-state index is 9.46. The molecule has 4 nitrogen and oxygen atoms in total. The van der Waals surface area contributed by atoms with Crippen LogP contribution < -0.4 is 5.32 Å². The highest BCUT2D eigenvalue weighted by molar-refractivity contribution is 5.29. The molecule has 1 heterocycles. The summed E-state index contributed by atoms with van der Waals surface area (Å²) in [6, 6.07) is 9.77. The van der Waals surface area contributed by atoms with Gasteiger partial charge in [0.25, 0.3) is 0 Å². The van der Waals surface area contributed by atoms with Crippen molar-refractivity contribution in [1.29, 1.82) is 0 Å². The number of phenolic OH excluding ortho intramolecular Hbond substituents is 1. The van der Waals surface area contributed by atoms with E-state index in [0.717, 1.165) is 12.1 Å². The molecule has 0 aliphatic carbocycles. The van der Waals surface area contributed by atoms with Crippen LogP contribution in [-0.4, -0.2) is 20.9 Å². The molecule has 2 atom stereocenters. The first-order valence-electron chi connectivity index (χ1n) is 6.17. The van der Waals surface area contributed by atoms with Crippen LogP contribution in [0.1, 0.15) is 25.5 Å². The molecule has 0 aliphatic heterocycles. The maximum absolute atomic E-state index is 9.46. The second-order valence-corrected chi connectivity index (χ2v) is 4.61. The summed E-state index contributed by atoms with van der Waals surface area (Å²) in [7, 11) is 0. The van der Waals surface area contributed by atoms with Crippen LogP contribution in [0.4, 0.5) is 0 Å². The Labute approximate surface area is 107 Å². The summed E-state index contributed by atoms with van der Waals surface area (Å²) in [5.74, 6) is 0.306. The van der Waals surface area contributed by atoms with E-state index >= 15 is 0 Å². The molecule has 0 saturated heterocycles. The Hall–Kier alpha value is -1.81. The van der Waals surface area contributed by atoms with Gasteiger partial charge in [-0.3, -0.25) is 4.68 Å². The van der Waals surface area contributed by atoms with E-state index in [1.807, 2.05) is 29.1 Å². The molecule has 2 unspecified atom stereocenters. The van der Waals surface area contributed by atoms with E-state index < -0.39 is 0 Å². The molecule has 0 fully saturated rings. The summed E-state index contributed by atoms with van der Waals surface area (Å²) in [6.45, 7) is 5.05. The quantitative estimate of drug-likeness (QED) is 0.850. The second kappa shape index (κ2) is 5.69. The van der Waals surface area contributed by atoms with Gasteiger partial charge >= 0.3 is 0 Å². The molecule has 0 saturated carbocycles. The van der Waals surface area contributed by atoms with Crippen molar-refractivity contribution < 1.29 is 5.11 Å². The molecular formula is C14H19N3O. The first-order chi connectivity index (χ1) is 8.65. The zero-order valence-corrected chi connectivity index (χ0v) is 10.7. The molecule has 0 spiro atoms. The SMILES string of the molecule is CC(Cn1cccn1)NC(C)c1cccc(O)c1. The average Bonchev–Trinajstić information content (AvgIpc) is 2.81. The monoisotopic (exact) mass is 245 g/mol. The van der Waals surface area contributed by atoms with Crippen LogP contribution in [0.3, 0.4) is 0 Å². The van der Waals surface area contributed by atoms with E-state index in [2.05, 4.69) is 24.3 Å². The van der Waals surface area contributed by atoms with Gasteiger partial charge in [0.1, 0.15) is 5.75 Å². The number of nitrogens with zero attached hydrogens (tertiary/aromatic N) is 2. The lowest BCUT2D eigenvalue weighted by Crippen LogP contribution is -2.32. The highest BCUT2D eigenvalue weighted by atomic mass is 16.3. The Morgan fingerprint density at radius 1 is 1.33 bits per heavy atom. The molecule has 18 heavy (non-hydrogen) atoms. The van der Waals surface area contributed by atoms with Gasteiger partial charge in [0, 0.05) is 24.5 Å². The Balaban J connectivity index is 1.92. The molecule has 4 heteroatoms. The van der Waals surface area contributed by atoms with Crippen LogP contribution in [0, 0.1) is 0 Å². The molecular weight excluding hydrogens is 226 g/mol. The fourth-order valence-corrected chi connectivity index (χ4v) is 2.06. The number of aromatic nitrogens is 2. The predicted octanol–water partition coefficient (Wildman–Crippen LogP) is 2.33. The van der Waals surface area contributed by atoms with Crippen LogP contribution in [0.15, 0.2) is 42.7 Å². The standard InChI is InChI=1S/C14H19N3O/c1-11(10-17-8-4-7-15-17)16-12(2)13-5-3-6-14(18)9-13/h3-9,11-12,16,18H,10H2,1-2H3. The third-order valence-corrected chi connectivity index (χ3v) is 2.92. The molecule has 2 N–H and O–H groups in total. The van der Waals surface area contributed by atoms with Gasteiger partial charge in [-0.25, -0.2) is 0 Å². The Bertz CT molecular complexity index is 482. The molecule has 2 aromatic rings. The van der Waals surface area contributed by atoms with Crippen molar-refractivity contribution in [2.75, 3.05) is 0 Å². The van der Waals surface area contributed by atoms with Gasteiger partial charge in [0.15, 0.2) is 0 Å². The van der Waals surface area contributed by atoms with E-state index in [1.165, 1.54) is 0 Å². The van der Waals surface area contributed by atoms with E-state index in [0.29, 0.717) is 11.8 Å². The molecule has 1 aromatic carbocycles. The maximum Gasteiger partial charge on any atom is 0.115 e. The highest BCUT2D eigenvalue weighted by Gasteiger charge is 2.10. The number of hydrogen-bond donors (Lipinski definition) is 2. The fraction of sp³-hybridized carbons (Fsp3) is 0.357. The third kappa shape index (κ3) is 3.34. The number of benzene rings is 1. The molecule has 0 bridgehead atoms. The summed E-state index contributed by atoms with van der Waals surface area (Å²) in [6.07, 6.45) is 3.74.